The van der Waals surface area contributed by atoms with Gasteiger partial charge in [0.2, 0.25) is 0 Å². The van der Waals surface area contributed by atoms with Gasteiger partial charge >= 0.3 is 0 Å². The molecular formula is C14H19N3O. The van der Waals surface area contributed by atoms with Gasteiger partial charge in [0.25, 0.3) is 0 Å². The number of H-pyrrole nitrogens is 1. The Morgan fingerprint density at radius 3 is 2.61 bits per heavy atom. The number of ether oxygens (including phenoxy) is 1. The number of nitrogens with one attached hydrogen (secondary N) is 1. The molecule has 0 unspecified atom stereocenters. The van der Waals surface area contributed by atoms with E-state index >= 15 is 0 Å². The van der Waals surface area contributed by atoms with Crippen molar-refractivity contribution >= 4 is 0 Å². The molecule has 0 aliphatic rings. The predicted octanol–water partition coefficient (Wildman–Crippen LogP) is 2.37. The van der Waals surface area contributed by atoms with Crippen LogP contribution < -0.4 is 10.5 Å². The predicted molar refractivity (Wildman–Crippen MR) is 72.5 cm³/mol. The molecule has 18 heavy (non-hydrogen) atoms. The summed E-state index contributed by atoms with van der Waals surface area (Å²) in [5, 5.41) is 7.27. The second-order valence-electron chi connectivity index (χ2n) is 4.51. The summed E-state index contributed by atoms with van der Waals surface area (Å²) in [5.74, 6) is 0.881. The van der Waals surface area contributed by atoms with Gasteiger partial charge in [0, 0.05) is 17.7 Å². The third-order valence-electron chi connectivity index (χ3n) is 2.57. The molecule has 0 spiro atoms. The molecule has 1 aromatic carbocycles. The highest BCUT2D eigenvalue weighted by atomic mass is 16.5. The molecule has 0 saturated carbocycles. The van der Waals surface area contributed by atoms with Gasteiger partial charge in [-0.1, -0.05) is 0 Å². The molecule has 4 nitrogen and oxygen atoms in total. The van der Waals surface area contributed by atoms with Crippen LogP contribution in [0, 0.1) is 0 Å². The lowest BCUT2D eigenvalue weighted by Gasteiger charge is -2.09. The highest BCUT2D eigenvalue weighted by Crippen LogP contribution is 2.21. The second-order valence-corrected chi connectivity index (χ2v) is 4.51. The third-order valence-corrected chi connectivity index (χ3v) is 2.57. The van der Waals surface area contributed by atoms with Crippen molar-refractivity contribution in [3.8, 4) is 17.0 Å². The zero-order valence-electron chi connectivity index (χ0n) is 10.8. The molecule has 96 valence electrons. The molecule has 0 saturated heterocycles. The minimum absolute atomic E-state index is 0.192. The molecule has 3 N–H and O–H groups in total. The van der Waals surface area contributed by atoms with E-state index in [4.69, 9.17) is 10.5 Å². The summed E-state index contributed by atoms with van der Waals surface area (Å²) in [6.45, 7) is 4.66. The van der Waals surface area contributed by atoms with Crippen LogP contribution in [0.15, 0.2) is 30.3 Å². The van der Waals surface area contributed by atoms with Crippen LogP contribution in [0.1, 0.15) is 19.5 Å². The monoisotopic (exact) mass is 245 g/mol. The summed E-state index contributed by atoms with van der Waals surface area (Å²) in [6, 6.07) is 9.99. The standard InChI is InChI=1S/C14H19N3O/c1-10(2)18-13-5-3-11(4-6-13)14-9-12(7-8-15)16-17-14/h3-6,9-10H,7-8,15H2,1-2H3,(H,16,17). The number of benzene rings is 1. The number of nitrogens with zero attached hydrogens (tertiary/aromatic N) is 1. The van der Waals surface area contributed by atoms with E-state index in [1.807, 2.05) is 44.2 Å². The van der Waals surface area contributed by atoms with Gasteiger partial charge in [0.05, 0.1) is 11.8 Å². The molecule has 0 fully saturated rings. The Balaban J connectivity index is 2.12. The number of aromatic nitrogens is 2. The lowest BCUT2D eigenvalue weighted by atomic mass is 10.1. The van der Waals surface area contributed by atoms with Gasteiger partial charge < -0.3 is 10.5 Å². The van der Waals surface area contributed by atoms with Gasteiger partial charge in [-0.25, -0.2) is 0 Å². The van der Waals surface area contributed by atoms with Crippen molar-refractivity contribution in [2.24, 2.45) is 5.73 Å². The van der Waals surface area contributed by atoms with E-state index in [1.54, 1.807) is 0 Å². The minimum atomic E-state index is 0.192. The van der Waals surface area contributed by atoms with Gasteiger partial charge in [-0.2, -0.15) is 5.10 Å². The molecule has 0 aliphatic carbocycles. The molecule has 1 heterocycles. The van der Waals surface area contributed by atoms with Crippen molar-refractivity contribution in [1.29, 1.82) is 0 Å². The molecule has 1 aromatic heterocycles. The molecule has 0 radical (unpaired) electrons. The molecule has 0 amide bonds. The minimum Gasteiger partial charge on any atom is -0.491 e. The van der Waals surface area contributed by atoms with Crippen molar-refractivity contribution in [3.05, 3.63) is 36.0 Å². The Morgan fingerprint density at radius 2 is 2.00 bits per heavy atom. The number of hydrogen-bond acceptors (Lipinski definition) is 3. The maximum Gasteiger partial charge on any atom is 0.119 e. The number of aromatic amines is 1. The third kappa shape index (κ3) is 3.11. The fraction of sp³-hybridized carbons (Fsp3) is 0.357. The first-order valence-corrected chi connectivity index (χ1v) is 6.20. The van der Waals surface area contributed by atoms with Crippen molar-refractivity contribution < 1.29 is 4.74 Å². The first-order valence-electron chi connectivity index (χ1n) is 6.20. The van der Waals surface area contributed by atoms with E-state index in [-0.39, 0.29) is 6.10 Å². The average molecular weight is 245 g/mol. The van der Waals surface area contributed by atoms with E-state index in [2.05, 4.69) is 10.2 Å². The fourth-order valence-electron chi connectivity index (χ4n) is 1.77. The van der Waals surface area contributed by atoms with Crippen molar-refractivity contribution in [2.45, 2.75) is 26.4 Å². The zero-order chi connectivity index (χ0) is 13.0. The fourth-order valence-corrected chi connectivity index (χ4v) is 1.77. The van der Waals surface area contributed by atoms with Crippen LogP contribution in [0.5, 0.6) is 5.75 Å². The zero-order valence-corrected chi connectivity index (χ0v) is 10.8. The Bertz CT molecular complexity index is 488. The number of nitrogens with two attached hydrogens (primary N) is 1. The van der Waals surface area contributed by atoms with Crippen LogP contribution in [-0.2, 0) is 6.42 Å². The summed E-state index contributed by atoms with van der Waals surface area (Å²) >= 11 is 0. The summed E-state index contributed by atoms with van der Waals surface area (Å²) in [6.07, 6.45) is 1.01. The van der Waals surface area contributed by atoms with E-state index in [0.717, 1.165) is 29.1 Å². The van der Waals surface area contributed by atoms with Crippen LogP contribution in [0.4, 0.5) is 0 Å². The Labute approximate surface area is 107 Å². The van der Waals surface area contributed by atoms with E-state index < -0.39 is 0 Å². The van der Waals surface area contributed by atoms with Gasteiger partial charge in [0.1, 0.15) is 5.75 Å². The van der Waals surface area contributed by atoms with Crippen LogP contribution in [0.2, 0.25) is 0 Å². The average Bonchev–Trinajstić information content (AvgIpc) is 2.78. The van der Waals surface area contributed by atoms with Crippen LogP contribution in [0.3, 0.4) is 0 Å². The lowest BCUT2D eigenvalue weighted by Crippen LogP contribution is -2.05. The molecule has 4 heteroatoms. The van der Waals surface area contributed by atoms with Gasteiger partial charge in [-0.15, -0.1) is 0 Å². The highest BCUT2D eigenvalue weighted by molar-refractivity contribution is 5.60. The van der Waals surface area contributed by atoms with Crippen LogP contribution in [-0.4, -0.2) is 22.8 Å². The number of rotatable bonds is 5. The van der Waals surface area contributed by atoms with E-state index in [0.29, 0.717) is 6.54 Å². The largest absolute Gasteiger partial charge is 0.491 e. The van der Waals surface area contributed by atoms with E-state index in [1.165, 1.54) is 0 Å². The maximum absolute atomic E-state index is 5.60. The molecule has 2 rings (SSSR count). The Hall–Kier alpha value is -1.81. The molecule has 0 atom stereocenters. The molecule has 0 bridgehead atoms. The smallest absolute Gasteiger partial charge is 0.119 e. The van der Waals surface area contributed by atoms with Gasteiger partial charge in [-0.3, -0.25) is 5.10 Å². The molecule has 2 aromatic rings. The maximum atomic E-state index is 5.60. The van der Waals surface area contributed by atoms with Crippen molar-refractivity contribution in [1.82, 2.24) is 10.2 Å². The quantitative estimate of drug-likeness (QED) is 0.850. The summed E-state index contributed by atoms with van der Waals surface area (Å²) in [5.41, 5.74) is 8.59. The van der Waals surface area contributed by atoms with Crippen LogP contribution >= 0.6 is 0 Å². The van der Waals surface area contributed by atoms with Crippen molar-refractivity contribution in [3.63, 3.8) is 0 Å². The summed E-state index contributed by atoms with van der Waals surface area (Å²) in [7, 11) is 0. The number of hydrogen-bond donors (Lipinski definition) is 2. The van der Waals surface area contributed by atoms with Crippen molar-refractivity contribution in [2.75, 3.05) is 6.54 Å². The first-order chi connectivity index (χ1) is 8.69. The summed E-state index contributed by atoms with van der Waals surface area (Å²) in [4.78, 5) is 0. The highest BCUT2D eigenvalue weighted by Gasteiger charge is 2.04. The van der Waals surface area contributed by atoms with E-state index in [9.17, 15) is 0 Å². The van der Waals surface area contributed by atoms with Gasteiger partial charge in [0.15, 0.2) is 0 Å². The second kappa shape index (κ2) is 5.69. The lowest BCUT2D eigenvalue weighted by molar-refractivity contribution is 0.242. The summed E-state index contributed by atoms with van der Waals surface area (Å²) < 4.78 is 5.60. The first kappa shape index (κ1) is 12.6. The topological polar surface area (TPSA) is 63.9 Å². The SMILES string of the molecule is CC(C)Oc1ccc(-c2cc(CCN)[nH]n2)cc1. The molecular weight excluding hydrogens is 226 g/mol. The van der Waals surface area contributed by atoms with Gasteiger partial charge in [-0.05, 0) is 50.7 Å². The Kier molecular flexibility index (Phi) is 3.99. The normalized spacial score (nSPS) is 10.9. The van der Waals surface area contributed by atoms with Crippen LogP contribution in [0.25, 0.3) is 11.3 Å². The Morgan fingerprint density at radius 1 is 1.28 bits per heavy atom. The molecule has 0 aliphatic heterocycles.